The van der Waals surface area contributed by atoms with Crippen LogP contribution in [0.1, 0.15) is 71.1 Å². The molecule has 32 heavy (non-hydrogen) atoms. The van der Waals surface area contributed by atoms with Crippen molar-refractivity contribution in [3.63, 3.8) is 0 Å². The molecule has 0 radical (unpaired) electrons. The number of pyridine rings is 1. The molecule has 0 saturated carbocycles. The molecule has 172 valence electrons. The molecule has 1 aliphatic rings. The Bertz CT molecular complexity index is 890. The highest BCUT2D eigenvalue weighted by Crippen LogP contribution is 2.18. The molecule has 6 heteroatoms. The molecule has 1 fully saturated rings. The summed E-state index contributed by atoms with van der Waals surface area (Å²) in [5.41, 5.74) is 2.80. The lowest BCUT2D eigenvalue weighted by atomic mass is 10.0. The van der Waals surface area contributed by atoms with Crippen LogP contribution in [-0.2, 0) is 15.9 Å². The molecule has 0 atom stereocenters. The van der Waals surface area contributed by atoms with Crippen LogP contribution < -0.4 is 0 Å². The number of carbonyl (C=O) groups is 2. The van der Waals surface area contributed by atoms with Crippen LogP contribution in [0, 0.1) is 0 Å². The van der Waals surface area contributed by atoms with Crippen molar-refractivity contribution in [3.8, 4) is 0 Å². The molecule has 0 amide bonds. The lowest BCUT2D eigenvalue weighted by Gasteiger charge is -2.33. The second-order valence-electron chi connectivity index (χ2n) is 8.55. The molecule has 3 rings (SSSR count). The number of rotatable bonds is 11. The lowest BCUT2D eigenvalue weighted by molar-refractivity contribution is -0.203. The summed E-state index contributed by atoms with van der Waals surface area (Å²) in [6, 6.07) is 13.7. The molecule has 1 aliphatic heterocycles. The number of unbranched alkanes of at least 4 members (excludes halogenated alkanes) is 1. The van der Waals surface area contributed by atoms with Crippen LogP contribution in [0.4, 0.5) is 0 Å². The third-order valence-corrected chi connectivity index (χ3v) is 5.81. The van der Waals surface area contributed by atoms with Gasteiger partial charge in [-0.15, -0.1) is 0 Å². The maximum Gasteiger partial charge on any atom is 0.180 e. The van der Waals surface area contributed by atoms with Gasteiger partial charge in [0.25, 0.3) is 0 Å². The molecule has 0 bridgehead atoms. The Kier molecular flexibility index (Phi) is 9.09. The molecule has 2 heterocycles. The highest BCUT2D eigenvalue weighted by atomic mass is 16.7. The lowest BCUT2D eigenvalue weighted by Crippen LogP contribution is -2.43. The van der Waals surface area contributed by atoms with Crippen LogP contribution in [0.2, 0.25) is 0 Å². The number of benzene rings is 1. The number of carbonyl (C=O) groups excluding carboxylic acids is 2. The highest BCUT2D eigenvalue weighted by molar-refractivity contribution is 6.00. The molecule has 1 aromatic heterocycles. The number of nitrogens with zero attached hydrogens (tertiary/aromatic N) is 2. The van der Waals surface area contributed by atoms with E-state index in [9.17, 15) is 9.59 Å². The predicted octanol–water partition coefficient (Wildman–Crippen LogP) is 4.31. The third-order valence-electron chi connectivity index (χ3n) is 5.81. The number of ether oxygens (including phenoxy) is 2. The van der Waals surface area contributed by atoms with Crippen molar-refractivity contribution in [1.82, 2.24) is 9.88 Å². The van der Waals surface area contributed by atoms with Crippen LogP contribution in [0.25, 0.3) is 0 Å². The van der Waals surface area contributed by atoms with Crippen LogP contribution in [0.15, 0.2) is 42.5 Å². The van der Waals surface area contributed by atoms with Gasteiger partial charge in [-0.1, -0.05) is 37.3 Å². The SMILES string of the molecule is CCC(=O)c1cc(C(=O)CCCCC2OCC(N(C)C)CO2)cc(Cc2ccccc2)n1. The average Bonchev–Trinajstić information content (AvgIpc) is 2.82. The first kappa shape index (κ1) is 24.2. The summed E-state index contributed by atoms with van der Waals surface area (Å²) in [5.74, 6) is 0.00148. The maximum absolute atomic E-state index is 12.9. The van der Waals surface area contributed by atoms with Gasteiger partial charge in [-0.05, 0) is 51.1 Å². The van der Waals surface area contributed by atoms with Gasteiger partial charge in [0, 0.05) is 30.5 Å². The Morgan fingerprint density at radius 3 is 2.41 bits per heavy atom. The van der Waals surface area contributed by atoms with E-state index in [1.54, 1.807) is 6.07 Å². The zero-order valence-electron chi connectivity index (χ0n) is 19.4. The molecule has 0 N–H and O–H groups in total. The monoisotopic (exact) mass is 438 g/mol. The van der Waals surface area contributed by atoms with Crippen molar-refractivity contribution < 1.29 is 19.1 Å². The van der Waals surface area contributed by atoms with E-state index >= 15 is 0 Å². The van der Waals surface area contributed by atoms with E-state index in [4.69, 9.17) is 9.47 Å². The largest absolute Gasteiger partial charge is 0.351 e. The van der Waals surface area contributed by atoms with Crippen LogP contribution in [0.3, 0.4) is 0 Å². The van der Waals surface area contributed by atoms with Gasteiger partial charge < -0.3 is 14.4 Å². The highest BCUT2D eigenvalue weighted by Gasteiger charge is 2.23. The smallest absolute Gasteiger partial charge is 0.180 e. The number of ketones is 2. The molecule has 6 nitrogen and oxygen atoms in total. The number of likely N-dealkylation sites (N-methyl/N-ethyl adjacent to an activating group) is 1. The Morgan fingerprint density at radius 1 is 1.03 bits per heavy atom. The molecule has 0 unspecified atom stereocenters. The molecular weight excluding hydrogens is 404 g/mol. The van der Waals surface area contributed by atoms with Crippen molar-refractivity contribution in [2.24, 2.45) is 0 Å². The standard InChI is InChI=1S/C26H34N2O4/c1-4-24(29)23-16-20(15-21(27-23)14-19-10-6-5-7-11-19)25(30)12-8-9-13-26-31-17-22(18-32-26)28(2)3/h5-7,10-11,15-16,22,26H,4,8-9,12-14,17-18H2,1-3H3. The molecule has 2 aromatic rings. The van der Waals surface area contributed by atoms with E-state index in [2.05, 4.69) is 9.88 Å². The van der Waals surface area contributed by atoms with Gasteiger partial charge in [0.2, 0.25) is 0 Å². The van der Waals surface area contributed by atoms with E-state index in [-0.39, 0.29) is 17.9 Å². The van der Waals surface area contributed by atoms with Gasteiger partial charge in [-0.25, -0.2) is 4.98 Å². The summed E-state index contributed by atoms with van der Waals surface area (Å²) in [6.45, 7) is 3.16. The van der Waals surface area contributed by atoms with Gasteiger partial charge in [-0.3, -0.25) is 9.59 Å². The fourth-order valence-corrected chi connectivity index (χ4v) is 3.71. The fourth-order valence-electron chi connectivity index (χ4n) is 3.71. The van der Waals surface area contributed by atoms with Crippen molar-refractivity contribution >= 4 is 11.6 Å². The fraction of sp³-hybridized carbons (Fsp3) is 0.500. The van der Waals surface area contributed by atoms with Crippen molar-refractivity contribution in [2.75, 3.05) is 27.3 Å². The Balaban J connectivity index is 1.55. The Morgan fingerprint density at radius 2 is 1.75 bits per heavy atom. The summed E-state index contributed by atoms with van der Waals surface area (Å²) in [4.78, 5) is 31.8. The zero-order chi connectivity index (χ0) is 22.9. The molecular formula is C26H34N2O4. The zero-order valence-corrected chi connectivity index (χ0v) is 19.4. The minimum absolute atomic E-state index is 0.0448. The van der Waals surface area contributed by atoms with Crippen LogP contribution >= 0.6 is 0 Å². The maximum atomic E-state index is 12.9. The summed E-state index contributed by atoms with van der Waals surface area (Å²) in [6.07, 6.45) is 3.60. The van der Waals surface area contributed by atoms with Crippen molar-refractivity contribution in [3.05, 3.63) is 65.0 Å². The van der Waals surface area contributed by atoms with E-state index in [1.165, 1.54) is 0 Å². The van der Waals surface area contributed by atoms with Gasteiger partial charge in [-0.2, -0.15) is 0 Å². The topological polar surface area (TPSA) is 68.7 Å². The summed E-state index contributed by atoms with van der Waals surface area (Å²) < 4.78 is 11.6. The Hall–Kier alpha value is -2.41. The van der Waals surface area contributed by atoms with E-state index in [0.29, 0.717) is 49.8 Å². The van der Waals surface area contributed by atoms with Crippen molar-refractivity contribution in [2.45, 2.75) is 57.8 Å². The van der Waals surface area contributed by atoms with Gasteiger partial charge in [0.05, 0.1) is 19.3 Å². The second kappa shape index (κ2) is 12.0. The summed E-state index contributed by atoms with van der Waals surface area (Å²) in [7, 11) is 4.04. The quantitative estimate of drug-likeness (QED) is 0.385. The average molecular weight is 439 g/mol. The van der Waals surface area contributed by atoms with E-state index < -0.39 is 0 Å². The van der Waals surface area contributed by atoms with Gasteiger partial charge >= 0.3 is 0 Å². The van der Waals surface area contributed by atoms with E-state index in [0.717, 1.165) is 30.5 Å². The number of hydrogen-bond acceptors (Lipinski definition) is 6. The number of Topliss-reactive ketones (excluding diaryl/α,β-unsaturated/α-hetero) is 2. The minimum Gasteiger partial charge on any atom is -0.351 e. The Labute approximate surface area is 190 Å². The summed E-state index contributed by atoms with van der Waals surface area (Å²) >= 11 is 0. The minimum atomic E-state index is -0.187. The molecule has 1 saturated heterocycles. The normalized spacial score (nSPS) is 18.6. The predicted molar refractivity (Wildman–Crippen MR) is 124 cm³/mol. The third kappa shape index (κ3) is 7.05. The summed E-state index contributed by atoms with van der Waals surface area (Å²) in [5, 5.41) is 0. The van der Waals surface area contributed by atoms with Crippen LogP contribution in [0.5, 0.6) is 0 Å². The number of aromatic nitrogens is 1. The molecule has 1 aromatic carbocycles. The first-order chi connectivity index (χ1) is 15.5. The molecule has 0 spiro atoms. The van der Waals surface area contributed by atoms with Gasteiger partial charge in [0.15, 0.2) is 17.9 Å². The number of hydrogen-bond donors (Lipinski definition) is 0. The first-order valence-corrected chi connectivity index (χ1v) is 11.5. The molecule has 0 aliphatic carbocycles. The van der Waals surface area contributed by atoms with Crippen molar-refractivity contribution in [1.29, 1.82) is 0 Å². The first-order valence-electron chi connectivity index (χ1n) is 11.5. The second-order valence-corrected chi connectivity index (χ2v) is 8.55. The van der Waals surface area contributed by atoms with Gasteiger partial charge in [0.1, 0.15) is 5.69 Å². The van der Waals surface area contributed by atoms with Crippen LogP contribution in [-0.4, -0.2) is 61.1 Å². The van der Waals surface area contributed by atoms with E-state index in [1.807, 2.05) is 57.4 Å².